The number of nitrogens with one attached hydrogen (secondary N) is 2. The first kappa shape index (κ1) is 18.2. The van der Waals surface area contributed by atoms with E-state index in [0.29, 0.717) is 12.2 Å². The maximum Gasteiger partial charge on any atom is 0.416 e. The number of hydrogen-bond acceptors (Lipinski definition) is 2. The molecule has 1 aliphatic heterocycles. The first-order valence-corrected chi connectivity index (χ1v) is 9.20. The van der Waals surface area contributed by atoms with Crippen molar-refractivity contribution < 1.29 is 13.2 Å². The summed E-state index contributed by atoms with van der Waals surface area (Å²) in [6, 6.07) is 11.0. The van der Waals surface area contributed by atoms with E-state index in [4.69, 9.17) is 11.6 Å². The highest BCUT2D eigenvalue weighted by atomic mass is 35.5. The van der Waals surface area contributed by atoms with Crippen molar-refractivity contribution in [1.82, 2.24) is 9.88 Å². The van der Waals surface area contributed by atoms with Gasteiger partial charge < -0.3 is 10.3 Å². The zero-order valence-electron chi connectivity index (χ0n) is 14.5. The van der Waals surface area contributed by atoms with Crippen molar-refractivity contribution in [3.05, 3.63) is 64.3 Å². The van der Waals surface area contributed by atoms with Gasteiger partial charge in [-0.3, -0.25) is 4.90 Å². The number of alkyl halides is 3. The number of anilines is 1. The van der Waals surface area contributed by atoms with Gasteiger partial charge in [0, 0.05) is 53.5 Å². The molecule has 0 radical (unpaired) electrons. The summed E-state index contributed by atoms with van der Waals surface area (Å²) in [5.41, 5.74) is 3.72. The lowest BCUT2D eigenvalue weighted by atomic mass is 10.0. The molecule has 3 nitrogen and oxygen atoms in total. The molecule has 142 valence electrons. The van der Waals surface area contributed by atoms with Crippen molar-refractivity contribution in [2.24, 2.45) is 0 Å². The lowest BCUT2D eigenvalue weighted by Crippen LogP contribution is -2.34. The standard InChI is InChI=1S/C20H19ClF3N3/c21-14-3-6-18-17(11-14)16-7-9-27(12-19(16)26-18)10-8-25-15-4-1-13(2-5-15)20(22,23)24/h1-6,11,25-26H,7-10,12H2. The molecule has 2 N–H and O–H groups in total. The van der Waals surface area contributed by atoms with Gasteiger partial charge in [0.25, 0.3) is 0 Å². The Morgan fingerprint density at radius 3 is 2.63 bits per heavy atom. The Labute approximate surface area is 160 Å². The van der Waals surface area contributed by atoms with Crippen molar-refractivity contribution in [3.8, 4) is 0 Å². The van der Waals surface area contributed by atoms with Crippen LogP contribution in [0.5, 0.6) is 0 Å². The summed E-state index contributed by atoms with van der Waals surface area (Å²) in [7, 11) is 0. The number of benzene rings is 2. The Kier molecular flexibility index (Phi) is 4.78. The van der Waals surface area contributed by atoms with Crippen molar-refractivity contribution in [1.29, 1.82) is 0 Å². The molecule has 0 amide bonds. The van der Waals surface area contributed by atoms with E-state index in [1.54, 1.807) is 0 Å². The van der Waals surface area contributed by atoms with Gasteiger partial charge in [-0.25, -0.2) is 0 Å². The predicted molar refractivity (Wildman–Crippen MR) is 102 cm³/mol. The first-order valence-electron chi connectivity index (χ1n) is 8.82. The molecule has 0 saturated carbocycles. The number of hydrogen-bond donors (Lipinski definition) is 2. The summed E-state index contributed by atoms with van der Waals surface area (Å²) in [6.45, 7) is 3.26. The number of H-pyrrole nitrogens is 1. The molecule has 0 aliphatic carbocycles. The van der Waals surface area contributed by atoms with E-state index in [0.717, 1.165) is 48.7 Å². The zero-order chi connectivity index (χ0) is 19.0. The third kappa shape index (κ3) is 3.92. The van der Waals surface area contributed by atoms with Crippen LogP contribution in [0.3, 0.4) is 0 Å². The average molecular weight is 394 g/mol. The number of halogens is 4. The van der Waals surface area contributed by atoms with Gasteiger partial charge in [0.1, 0.15) is 0 Å². The Balaban J connectivity index is 1.35. The summed E-state index contributed by atoms with van der Waals surface area (Å²) in [5.74, 6) is 0. The average Bonchev–Trinajstić information content (AvgIpc) is 2.98. The van der Waals surface area contributed by atoms with Gasteiger partial charge in [0.2, 0.25) is 0 Å². The highest BCUT2D eigenvalue weighted by molar-refractivity contribution is 6.31. The van der Waals surface area contributed by atoms with Crippen LogP contribution in [0.4, 0.5) is 18.9 Å². The molecule has 0 atom stereocenters. The second-order valence-electron chi connectivity index (χ2n) is 6.80. The molecule has 0 bridgehead atoms. The molecule has 3 aromatic rings. The topological polar surface area (TPSA) is 31.1 Å². The normalized spacial score (nSPS) is 15.1. The summed E-state index contributed by atoms with van der Waals surface area (Å²) < 4.78 is 37.8. The number of nitrogens with zero attached hydrogens (tertiary/aromatic N) is 1. The highest BCUT2D eigenvalue weighted by Crippen LogP contribution is 2.30. The Morgan fingerprint density at radius 1 is 1.11 bits per heavy atom. The monoisotopic (exact) mass is 393 g/mol. The van der Waals surface area contributed by atoms with Crippen LogP contribution >= 0.6 is 11.6 Å². The van der Waals surface area contributed by atoms with E-state index in [1.165, 1.54) is 28.8 Å². The molecule has 0 fully saturated rings. The predicted octanol–water partition coefficient (Wildman–Crippen LogP) is 5.31. The van der Waals surface area contributed by atoms with Gasteiger partial charge in [-0.05, 0) is 54.4 Å². The van der Waals surface area contributed by atoms with Crippen LogP contribution in [0.2, 0.25) is 5.02 Å². The minimum atomic E-state index is -4.30. The van der Waals surface area contributed by atoms with Crippen molar-refractivity contribution in [2.45, 2.75) is 19.1 Å². The van der Waals surface area contributed by atoms with Gasteiger partial charge in [0.15, 0.2) is 0 Å². The molecule has 0 spiro atoms. The summed E-state index contributed by atoms with van der Waals surface area (Å²) in [5, 5.41) is 5.13. The Bertz CT molecular complexity index is 948. The molecule has 27 heavy (non-hydrogen) atoms. The summed E-state index contributed by atoms with van der Waals surface area (Å²) >= 11 is 6.11. The molecule has 1 aromatic heterocycles. The first-order chi connectivity index (χ1) is 12.9. The quantitative estimate of drug-likeness (QED) is 0.629. The molecular weight excluding hydrogens is 375 g/mol. The molecule has 1 aliphatic rings. The molecule has 7 heteroatoms. The van der Waals surface area contributed by atoms with E-state index < -0.39 is 11.7 Å². The van der Waals surface area contributed by atoms with Gasteiger partial charge in [-0.1, -0.05) is 11.6 Å². The number of aromatic amines is 1. The zero-order valence-corrected chi connectivity index (χ0v) is 15.3. The van der Waals surface area contributed by atoms with Crippen LogP contribution in [0.1, 0.15) is 16.8 Å². The highest BCUT2D eigenvalue weighted by Gasteiger charge is 2.29. The van der Waals surface area contributed by atoms with E-state index in [9.17, 15) is 13.2 Å². The third-order valence-electron chi connectivity index (χ3n) is 4.99. The number of rotatable bonds is 4. The molecule has 0 saturated heterocycles. The van der Waals surface area contributed by atoms with Crippen molar-refractivity contribution in [3.63, 3.8) is 0 Å². The van der Waals surface area contributed by atoms with Crippen molar-refractivity contribution >= 4 is 28.2 Å². The van der Waals surface area contributed by atoms with E-state index in [-0.39, 0.29) is 0 Å². The molecule has 2 heterocycles. The van der Waals surface area contributed by atoms with Gasteiger partial charge in [0.05, 0.1) is 5.56 Å². The van der Waals surface area contributed by atoms with E-state index in [2.05, 4.69) is 15.2 Å². The minimum Gasteiger partial charge on any atom is -0.384 e. The largest absolute Gasteiger partial charge is 0.416 e. The van der Waals surface area contributed by atoms with Gasteiger partial charge in [-0.15, -0.1) is 0 Å². The third-order valence-corrected chi connectivity index (χ3v) is 5.22. The second-order valence-corrected chi connectivity index (χ2v) is 7.24. The van der Waals surface area contributed by atoms with Crippen LogP contribution in [-0.4, -0.2) is 29.5 Å². The maximum atomic E-state index is 12.6. The van der Waals surface area contributed by atoms with Crippen LogP contribution in [0.15, 0.2) is 42.5 Å². The fraction of sp³-hybridized carbons (Fsp3) is 0.300. The number of aromatic nitrogens is 1. The smallest absolute Gasteiger partial charge is 0.384 e. The minimum absolute atomic E-state index is 0.629. The maximum absolute atomic E-state index is 12.6. The Hall–Kier alpha value is -2.18. The second kappa shape index (κ2) is 7.09. The molecule has 4 rings (SSSR count). The number of fused-ring (bicyclic) bond motifs is 3. The van der Waals surface area contributed by atoms with Crippen LogP contribution in [-0.2, 0) is 19.1 Å². The summed E-state index contributed by atoms with van der Waals surface area (Å²) in [6.07, 6.45) is -3.34. The fourth-order valence-electron chi connectivity index (χ4n) is 3.60. The fourth-order valence-corrected chi connectivity index (χ4v) is 3.77. The summed E-state index contributed by atoms with van der Waals surface area (Å²) in [4.78, 5) is 5.80. The Morgan fingerprint density at radius 2 is 1.89 bits per heavy atom. The lowest BCUT2D eigenvalue weighted by molar-refractivity contribution is -0.137. The van der Waals surface area contributed by atoms with Crippen molar-refractivity contribution in [2.75, 3.05) is 25.0 Å². The van der Waals surface area contributed by atoms with Gasteiger partial charge in [-0.2, -0.15) is 13.2 Å². The SMILES string of the molecule is FC(F)(F)c1ccc(NCCN2CCc3c([nH]c4ccc(Cl)cc34)C2)cc1. The van der Waals surface area contributed by atoms with E-state index >= 15 is 0 Å². The van der Waals surface area contributed by atoms with Crippen LogP contribution in [0, 0.1) is 0 Å². The van der Waals surface area contributed by atoms with Gasteiger partial charge >= 0.3 is 6.18 Å². The molecule has 2 aromatic carbocycles. The molecule has 0 unspecified atom stereocenters. The lowest BCUT2D eigenvalue weighted by Gasteiger charge is -2.27. The van der Waals surface area contributed by atoms with Crippen LogP contribution < -0.4 is 5.32 Å². The van der Waals surface area contributed by atoms with Crippen LogP contribution in [0.25, 0.3) is 10.9 Å². The molecular formula is C20H19ClF3N3. The van der Waals surface area contributed by atoms with E-state index in [1.807, 2.05) is 18.2 Å².